The van der Waals surface area contributed by atoms with Crippen LogP contribution in [0.25, 0.3) is 22.2 Å². The first-order chi connectivity index (χ1) is 18.2. The van der Waals surface area contributed by atoms with Gasteiger partial charge in [0.2, 0.25) is 0 Å². The molecule has 4 aromatic rings. The third kappa shape index (κ3) is 3.27. The number of amides is 1. The SMILES string of the molecule is CN1C(=O)c2cccc(OC(F)F)c2[C@H]2C[C@@H]1c1nc3ccc(-c4ccc5c(c4)OCCC5(C)N)cc3n12. The van der Waals surface area contributed by atoms with Gasteiger partial charge in [-0.05, 0) is 48.4 Å². The van der Waals surface area contributed by atoms with Crippen molar-refractivity contribution in [3.63, 3.8) is 0 Å². The standard InChI is InChI=1S/C29H26F2N4O3/c1-29(32)10-11-37-24-13-16(6-8-18(24)29)15-7-9-19-20(12-15)35-21-14-22(26(35)33-19)34(2)27(36)17-4-3-5-23(25(17)21)38-28(30)31/h3-9,12-13,21-22,28H,10-11,14,32H2,1-2H3/t21-,22-,29?/m1/s1. The van der Waals surface area contributed by atoms with Crippen LogP contribution in [-0.2, 0) is 5.54 Å². The predicted molar refractivity (Wildman–Crippen MR) is 137 cm³/mol. The Morgan fingerprint density at radius 2 is 1.92 bits per heavy atom. The molecule has 1 unspecified atom stereocenters. The van der Waals surface area contributed by atoms with Gasteiger partial charge >= 0.3 is 6.61 Å². The van der Waals surface area contributed by atoms with Gasteiger partial charge in [0.05, 0.1) is 29.7 Å². The molecule has 3 aliphatic rings. The average molecular weight is 517 g/mol. The second-order valence-corrected chi connectivity index (χ2v) is 10.5. The van der Waals surface area contributed by atoms with E-state index in [0.29, 0.717) is 24.2 Å². The van der Waals surface area contributed by atoms with Crippen molar-refractivity contribution in [2.45, 2.75) is 44.0 Å². The number of ether oxygens (including phenoxy) is 2. The highest BCUT2D eigenvalue weighted by molar-refractivity contribution is 5.98. The summed E-state index contributed by atoms with van der Waals surface area (Å²) in [5, 5.41) is 0. The summed E-state index contributed by atoms with van der Waals surface area (Å²) in [7, 11) is 1.73. The fraction of sp³-hybridized carbons (Fsp3) is 0.310. The Morgan fingerprint density at radius 3 is 2.74 bits per heavy atom. The van der Waals surface area contributed by atoms with Crippen LogP contribution in [0.15, 0.2) is 54.6 Å². The van der Waals surface area contributed by atoms with Crippen LogP contribution < -0.4 is 15.2 Å². The van der Waals surface area contributed by atoms with E-state index in [1.807, 2.05) is 37.3 Å². The number of benzene rings is 3. The lowest BCUT2D eigenvalue weighted by Gasteiger charge is -2.32. The van der Waals surface area contributed by atoms with Crippen molar-refractivity contribution in [2.24, 2.45) is 5.73 Å². The number of carbonyl (C=O) groups is 1. The molecular weight excluding hydrogens is 490 g/mol. The first-order valence-corrected chi connectivity index (χ1v) is 12.7. The van der Waals surface area contributed by atoms with Crippen LogP contribution >= 0.6 is 0 Å². The lowest BCUT2D eigenvalue weighted by molar-refractivity contribution is -0.0507. The van der Waals surface area contributed by atoms with Gasteiger partial charge < -0.3 is 24.7 Å². The normalized spacial score (nSPS) is 23.6. The van der Waals surface area contributed by atoms with Crippen molar-refractivity contribution in [1.82, 2.24) is 14.5 Å². The van der Waals surface area contributed by atoms with Crippen LogP contribution in [0.4, 0.5) is 8.78 Å². The summed E-state index contributed by atoms with van der Waals surface area (Å²) in [6, 6.07) is 16.2. The molecule has 1 amide bonds. The Kier molecular flexibility index (Phi) is 4.88. The van der Waals surface area contributed by atoms with Crippen LogP contribution in [0.1, 0.15) is 59.2 Å². The third-order valence-electron chi connectivity index (χ3n) is 8.22. The van der Waals surface area contributed by atoms with E-state index in [1.165, 1.54) is 6.07 Å². The molecule has 3 aromatic carbocycles. The number of fused-ring (bicyclic) bond motifs is 10. The fourth-order valence-electron chi connectivity index (χ4n) is 6.26. The molecule has 2 bridgehead atoms. The summed E-state index contributed by atoms with van der Waals surface area (Å²) in [4.78, 5) is 19.9. The molecule has 0 saturated heterocycles. The van der Waals surface area contributed by atoms with Gasteiger partial charge in [-0.15, -0.1) is 0 Å². The van der Waals surface area contributed by atoms with Crippen molar-refractivity contribution in [2.75, 3.05) is 13.7 Å². The maximum absolute atomic E-state index is 13.4. The number of hydrogen-bond acceptors (Lipinski definition) is 5. The number of carbonyl (C=O) groups excluding carboxylic acids is 1. The number of nitrogens with two attached hydrogens (primary N) is 1. The van der Waals surface area contributed by atoms with Gasteiger partial charge in [0.25, 0.3) is 5.91 Å². The van der Waals surface area contributed by atoms with E-state index in [-0.39, 0.29) is 23.7 Å². The molecule has 4 heterocycles. The summed E-state index contributed by atoms with van der Waals surface area (Å²) in [5.74, 6) is 1.32. The molecule has 7 nitrogen and oxygen atoms in total. The Balaban J connectivity index is 1.40. The van der Waals surface area contributed by atoms with E-state index >= 15 is 0 Å². The van der Waals surface area contributed by atoms with Crippen LogP contribution in [-0.4, -0.2) is 40.6 Å². The van der Waals surface area contributed by atoms with Gasteiger partial charge in [-0.3, -0.25) is 4.79 Å². The lowest BCUT2D eigenvalue weighted by Crippen LogP contribution is -2.38. The smallest absolute Gasteiger partial charge is 0.387 e. The predicted octanol–water partition coefficient (Wildman–Crippen LogP) is 5.38. The average Bonchev–Trinajstić information content (AvgIpc) is 3.41. The number of rotatable bonds is 3. The zero-order chi connectivity index (χ0) is 26.3. The van der Waals surface area contributed by atoms with Gasteiger partial charge in [-0.1, -0.05) is 24.3 Å². The maximum atomic E-state index is 13.4. The molecule has 194 valence electrons. The highest BCUT2D eigenvalue weighted by Crippen LogP contribution is 2.50. The Morgan fingerprint density at radius 1 is 1.13 bits per heavy atom. The minimum atomic E-state index is -3.00. The van der Waals surface area contributed by atoms with Gasteiger partial charge in [0.1, 0.15) is 17.3 Å². The molecule has 7 rings (SSSR count). The second kappa shape index (κ2) is 8.01. The first kappa shape index (κ1) is 23.2. The summed E-state index contributed by atoms with van der Waals surface area (Å²) in [6.45, 7) is -0.417. The molecule has 0 spiro atoms. The molecule has 0 aliphatic carbocycles. The summed E-state index contributed by atoms with van der Waals surface area (Å²) < 4.78 is 39.6. The molecule has 0 fully saturated rings. The highest BCUT2D eigenvalue weighted by Gasteiger charge is 2.45. The maximum Gasteiger partial charge on any atom is 0.387 e. The van der Waals surface area contributed by atoms with Gasteiger partial charge in [0.15, 0.2) is 0 Å². The number of alkyl halides is 2. The molecule has 0 saturated carbocycles. The zero-order valence-electron chi connectivity index (χ0n) is 20.9. The van der Waals surface area contributed by atoms with Gasteiger partial charge in [0, 0.05) is 42.1 Å². The Bertz CT molecular complexity index is 1630. The molecule has 38 heavy (non-hydrogen) atoms. The quantitative estimate of drug-likeness (QED) is 0.395. The van der Waals surface area contributed by atoms with E-state index in [2.05, 4.69) is 10.6 Å². The Labute approximate surface area is 217 Å². The fourth-order valence-corrected chi connectivity index (χ4v) is 6.26. The van der Waals surface area contributed by atoms with E-state index in [9.17, 15) is 13.6 Å². The molecule has 3 atom stereocenters. The largest absolute Gasteiger partial charge is 0.493 e. The van der Waals surface area contributed by atoms with Crippen molar-refractivity contribution in [3.05, 3.63) is 77.1 Å². The van der Waals surface area contributed by atoms with Crippen LogP contribution in [0.3, 0.4) is 0 Å². The molecule has 1 aromatic heterocycles. The first-order valence-electron chi connectivity index (χ1n) is 12.7. The van der Waals surface area contributed by atoms with Gasteiger partial charge in [-0.2, -0.15) is 8.78 Å². The van der Waals surface area contributed by atoms with Crippen molar-refractivity contribution >= 4 is 16.9 Å². The van der Waals surface area contributed by atoms with Crippen molar-refractivity contribution in [1.29, 1.82) is 0 Å². The number of hydrogen-bond donors (Lipinski definition) is 1. The summed E-state index contributed by atoms with van der Waals surface area (Å²) in [5.41, 5.74) is 11.5. The lowest BCUT2D eigenvalue weighted by atomic mass is 9.86. The number of halogens is 2. The zero-order valence-corrected chi connectivity index (χ0v) is 20.9. The van der Waals surface area contributed by atoms with E-state index < -0.39 is 12.2 Å². The molecule has 9 heteroatoms. The van der Waals surface area contributed by atoms with E-state index in [1.54, 1.807) is 24.1 Å². The minimum absolute atomic E-state index is 0.0208. The topological polar surface area (TPSA) is 82.6 Å². The monoisotopic (exact) mass is 516 g/mol. The molecular formula is C29H26F2N4O3. The van der Waals surface area contributed by atoms with Crippen LogP contribution in [0.2, 0.25) is 0 Å². The van der Waals surface area contributed by atoms with E-state index in [0.717, 1.165) is 45.7 Å². The number of imidazole rings is 1. The van der Waals surface area contributed by atoms with Crippen molar-refractivity contribution in [3.8, 4) is 22.6 Å². The summed E-state index contributed by atoms with van der Waals surface area (Å²) in [6.07, 6.45) is 1.29. The number of aromatic nitrogens is 2. The van der Waals surface area contributed by atoms with Crippen LogP contribution in [0, 0.1) is 0 Å². The third-order valence-corrected chi connectivity index (χ3v) is 8.22. The highest BCUT2D eigenvalue weighted by atomic mass is 19.3. The second-order valence-electron chi connectivity index (χ2n) is 10.5. The van der Waals surface area contributed by atoms with E-state index in [4.69, 9.17) is 20.2 Å². The number of nitrogens with zero attached hydrogens (tertiary/aromatic N) is 3. The molecule has 3 aliphatic heterocycles. The van der Waals surface area contributed by atoms with Crippen LogP contribution in [0.5, 0.6) is 11.5 Å². The minimum Gasteiger partial charge on any atom is -0.493 e. The molecule has 0 radical (unpaired) electrons. The van der Waals surface area contributed by atoms with Crippen molar-refractivity contribution < 1.29 is 23.0 Å². The van der Waals surface area contributed by atoms with Gasteiger partial charge in [-0.25, -0.2) is 4.98 Å². The Hall–Kier alpha value is -3.98. The molecule has 2 N–H and O–H groups in total. The summed E-state index contributed by atoms with van der Waals surface area (Å²) >= 11 is 0.